The van der Waals surface area contributed by atoms with Crippen LogP contribution in [0.2, 0.25) is 0 Å². The van der Waals surface area contributed by atoms with Gasteiger partial charge in [0.05, 0.1) is 17.6 Å². The van der Waals surface area contributed by atoms with E-state index < -0.39 is 18.5 Å². The number of amides is 1. The molecule has 3 heterocycles. The van der Waals surface area contributed by atoms with E-state index in [2.05, 4.69) is 4.98 Å². The second kappa shape index (κ2) is 11.9. The Morgan fingerprint density at radius 2 is 1.75 bits per heavy atom. The summed E-state index contributed by atoms with van der Waals surface area (Å²) in [4.78, 5) is 22.2. The molecule has 3 aromatic carbocycles. The van der Waals surface area contributed by atoms with Crippen molar-refractivity contribution in [3.63, 3.8) is 0 Å². The Hall–Kier alpha value is -5.00. The van der Waals surface area contributed by atoms with Crippen molar-refractivity contribution in [2.24, 2.45) is 0 Å². The number of hydrogen-bond acceptors (Lipinski definition) is 5. The molecule has 1 amide bonds. The highest BCUT2D eigenvalue weighted by atomic mass is 19.4. The number of para-hydroxylation sites is 1. The van der Waals surface area contributed by atoms with Crippen LogP contribution in [0.4, 0.5) is 27.6 Å². The van der Waals surface area contributed by atoms with Crippen molar-refractivity contribution in [2.75, 3.05) is 11.4 Å². The van der Waals surface area contributed by atoms with Gasteiger partial charge in [-0.25, -0.2) is 4.98 Å². The van der Waals surface area contributed by atoms with E-state index in [1.807, 2.05) is 6.07 Å². The van der Waals surface area contributed by atoms with E-state index in [0.717, 1.165) is 24.4 Å². The summed E-state index contributed by atoms with van der Waals surface area (Å²) in [6, 6.07) is 21.0. The number of nitrogens with zero attached hydrogens (tertiary/aromatic N) is 4. The molecule has 0 unspecified atom stereocenters. The van der Waals surface area contributed by atoms with Gasteiger partial charge in [0.25, 0.3) is 0 Å². The summed E-state index contributed by atoms with van der Waals surface area (Å²) in [5.41, 5.74) is 2.41. The van der Waals surface area contributed by atoms with Gasteiger partial charge in [-0.3, -0.25) is 9.78 Å². The van der Waals surface area contributed by atoms with E-state index in [1.165, 1.54) is 12.1 Å². The number of carbonyl (C=O) groups excluding carboxylic acids is 1. The van der Waals surface area contributed by atoms with E-state index in [4.69, 9.17) is 14.5 Å². The number of fused-ring (bicyclic) bond motifs is 1. The lowest BCUT2D eigenvalue weighted by Gasteiger charge is -2.17. The zero-order chi connectivity index (χ0) is 30.8. The summed E-state index contributed by atoms with van der Waals surface area (Å²) in [5, 5.41) is 0. The second-order valence-electron chi connectivity index (χ2n) is 10.2. The third-order valence-electron chi connectivity index (χ3n) is 7.30. The van der Waals surface area contributed by atoms with Crippen LogP contribution in [0.5, 0.6) is 11.5 Å². The van der Waals surface area contributed by atoms with Crippen LogP contribution in [0.3, 0.4) is 0 Å². The zero-order valence-corrected chi connectivity index (χ0v) is 23.1. The lowest BCUT2D eigenvalue weighted by Crippen LogP contribution is -2.23. The molecule has 0 saturated carbocycles. The summed E-state index contributed by atoms with van der Waals surface area (Å²) < 4.78 is 78.1. The maximum atomic E-state index is 13.2. The number of rotatable bonds is 9. The fourth-order valence-corrected chi connectivity index (χ4v) is 5.20. The van der Waals surface area contributed by atoms with Gasteiger partial charge >= 0.3 is 12.8 Å². The minimum atomic E-state index is -4.56. The minimum absolute atomic E-state index is 0.00111. The summed E-state index contributed by atoms with van der Waals surface area (Å²) in [6.07, 6.45) is -2.13. The molecule has 226 valence electrons. The van der Waals surface area contributed by atoms with Crippen LogP contribution < -0.4 is 14.4 Å². The van der Waals surface area contributed by atoms with Crippen LogP contribution in [0.15, 0.2) is 85.1 Å². The van der Waals surface area contributed by atoms with Crippen LogP contribution in [0, 0.1) is 0 Å². The third kappa shape index (κ3) is 6.19. The summed E-state index contributed by atoms with van der Waals surface area (Å²) in [7, 11) is 0. The predicted molar refractivity (Wildman–Crippen MR) is 153 cm³/mol. The summed E-state index contributed by atoms with van der Waals surface area (Å²) >= 11 is 0. The quantitative estimate of drug-likeness (QED) is 0.162. The molecule has 1 saturated heterocycles. The van der Waals surface area contributed by atoms with Gasteiger partial charge in [-0.05, 0) is 48.4 Å². The van der Waals surface area contributed by atoms with Crippen molar-refractivity contribution in [3.05, 3.63) is 102 Å². The highest BCUT2D eigenvalue weighted by molar-refractivity contribution is 5.95. The standard InChI is InChI=1S/C32H25F5N4O3/c33-31(34)44-27-8-2-1-5-22(27)18-41-26-15-20(21-11-13-28(38-17-21)32(35,36)37)10-12-25(26)39-29(41)19-43-24-7-3-6-23(16-24)40-14-4-9-30(40)42/h1-3,5-8,10-13,15-17,31H,4,9,14,18-19H2. The second-order valence-corrected chi connectivity index (χ2v) is 10.2. The number of pyridine rings is 1. The van der Waals surface area contributed by atoms with Crippen molar-refractivity contribution in [2.45, 2.75) is 38.8 Å². The van der Waals surface area contributed by atoms with E-state index in [0.29, 0.717) is 52.3 Å². The van der Waals surface area contributed by atoms with Crippen molar-refractivity contribution in [1.82, 2.24) is 14.5 Å². The van der Waals surface area contributed by atoms with E-state index in [9.17, 15) is 26.7 Å². The molecule has 0 atom stereocenters. The maximum Gasteiger partial charge on any atom is 0.433 e. The average Bonchev–Trinajstić information content (AvgIpc) is 3.59. The Labute approximate surface area is 248 Å². The van der Waals surface area contributed by atoms with Crippen LogP contribution in [-0.4, -0.2) is 33.6 Å². The fourth-order valence-electron chi connectivity index (χ4n) is 5.20. The van der Waals surface area contributed by atoms with Gasteiger partial charge in [-0.1, -0.05) is 36.4 Å². The molecule has 0 aliphatic carbocycles. The molecule has 0 N–H and O–H groups in total. The van der Waals surface area contributed by atoms with Gasteiger partial charge in [-0.15, -0.1) is 0 Å². The first-order valence-corrected chi connectivity index (χ1v) is 13.7. The molecule has 5 aromatic rings. The fraction of sp³-hybridized carbons (Fsp3) is 0.219. The molecule has 6 rings (SSSR count). The Morgan fingerprint density at radius 1 is 0.932 bits per heavy atom. The number of benzene rings is 3. The zero-order valence-electron chi connectivity index (χ0n) is 23.1. The maximum absolute atomic E-state index is 13.2. The smallest absolute Gasteiger partial charge is 0.433 e. The molecule has 1 aliphatic rings. The SMILES string of the molecule is O=C1CCCN1c1cccc(OCc2nc3ccc(-c4ccc(C(F)(F)F)nc4)cc3n2Cc2ccccc2OC(F)F)c1. The van der Waals surface area contributed by atoms with Gasteiger partial charge in [0.1, 0.15) is 29.6 Å². The predicted octanol–water partition coefficient (Wildman–Crippen LogP) is 7.47. The Bertz CT molecular complexity index is 1800. The molecule has 0 spiro atoms. The molecule has 0 radical (unpaired) electrons. The number of hydrogen-bond donors (Lipinski definition) is 0. The molecule has 44 heavy (non-hydrogen) atoms. The van der Waals surface area contributed by atoms with Crippen molar-refractivity contribution >= 4 is 22.6 Å². The summed E-state index contributed by atoms with van der Waals surface area (Å²) in [5.74, 6) is 1.03. The van der Waals surface area contributed by atoms with E-state index in [1.54, 1.807) is 64.1 Å². The molecular weight excluding hydrogens is 583 g/mol. The van der Waals surface area contributed by atoms with Crippen LogP contribution >= 0.6 is 0 Å². The van der Waals surface area contributed by atoms with Crippen molar-refractivity contribution < 1.29 is 36.2 Å². The van der Waals surface area contributed by atoms with Crippen LogP contribution in [-0.2, 0) is 24.1 Å². The Balaban J connectivity index is 1.36. The van der Waals surface area contributed by atoms with Crippen LogP contribution in [0.1, 0.15) is 29.9 Å². The highest BCUT2D eigenvalue weighted by Gasteiger charge is 2.32. The lowest BCUT2D eigenvalue weighted by atomic mass is 10.1. The molecule has 2 aromatic heterocycles. The topological polar surface area (TPSA) is 69.5 Å². The van der Waals surface area contributed by atoms with Gasteiger partial charge in [0.15, 0.2) is 0 Å². The molecule has 7 nitrogen and oxygen atoms in total. The van der Waals surface area contributed by atoms with Crippen LogP contribution in [0.25, 0.3) is 22.2 Å². The van der Waals surface area contributed by atoms with Crippen molar-refractivity contribution in [3.8, 4) is 22.6 Å². The first-order valence-electron chi connectivity index (χ1n) is 13.7. The molecule has 1 aliphatic heterocycles. The minimum Gasteiger partial charge on any atom is -0.486 e. The number of ether oxygens (including phenoxy) is 2. The first kappa shape index (κ1) is 29.1. The molecular formula is C32H25F5N4O3. The first-order chi connectivity index (χ1) is 21.2. The monoisotopic (exact) mass is 608 g/mol. The third-order valence-corrected chi connectivity index (χ3v) is 7.30. The Morgan fingerprint density at radius 3 is 2.48 bits per heavy atom. The molecule has 1 fully saturated rings. The van der Waals surface area contributed by atoms with Gasteiger partial charge in [0, 0.05) is 42.0 Å². The van der Waals surface area contributed by atoms with Gasteiger partial charge in [-0.2, -0.15) is 22.0 Å². The summed E-state index contributed by atoms with van der Waals surface area (Å²) in [6.45, 7) is -2.29. The van der Waals surface area contributed by atoms with E-state index >= 15 is 0 Å². The number of halogens is 5. The van der Waals surface area contributed by atoms with Gasteiger partial charge < -0.3 is 18.9 Å². The number of aromatic nitrogens is 3. The largest absolute Gasteiger partial charge is 0.486 e. The Kier molecular flexibility index (Phi) is 7.90. The number of carbonyl (C=O) groups is 1. The molecule has 12 heteroatoms. The highest BCUT2D eigenvalue weighted by Crippen LogP contribution is 2.32. The van der Waals surface area contributed by atoms with Gasteiger partial charge in [0.2, 0.25) is 5.91 Å². The van der Waals surface area contributed by atoms with E-state index in [-0.39, 0.29) is 24.8 Å². The number of alkyl halides is 5. The number of imidazole rings is 1. The lowest BCUT2D eigenvalue weighted by molar-refractivity contribution is -0.141. The average molecular weight is 609 g/mol. The number of anilines is 1. The van der Waals surface area contributed by atoms with Crippen molar-refractivity contribution in [1.29, 1.82) is 0 Å². The normalized spacial score (nSPS) is 13.7. The molecule has 0 bridgehead atoms.